The number of hydrogen-bond donors (Lipinski definition) is 1. The highest BCUT2D eigenvalue weighted by Crippen LogP contribution is 2.24. The van der Waals surface area contributed by atoms with E-state index >= 15 is 0 Å². The van der Waals surface area contributed by atoms with Crippen molar-refractivity contribution < 1.29 is 9.31 Å². The number of nitro groups is 1. The third kappa shape index (κ3) is 3.19. The van der Waals surface area contributed by atoms with Gasteiger partial charge in [0.15, 0.2) is 0 Å². The van der Waals surface area contributed by atoms with Gasteiger partial charge in [0.1, 0.15) is 5.82 Å². The molecule has 1 unspecified atom stereocenters. The number of aryl methyl sites for hydroxylation is 1. The van der Waals surface area contributed by atoms with E-state index in [-0.39, 0.29) is 11.5 Å². The molecule has 0 heterocycles. The third-order valence-electron chi connectivity index (χ3n) is 3.22. The Morgan fingerprint density at radius 3 is 2.70 bits per heavy atom. The summed E-state index contributed by atoms with van der Waals surface area (Å²) in [6.07, 6.45) is 0.430. The smallest absolute Gasteiger partial charge is 0.269 e. The normalized spacial score (nSPS) is 12.2. The Hall–Kier alpha value is -2.27. The Kier molecular flexibility index (Phi) is 4.10. The maximum absolute atomic E-state index is 13.1. The zero-order valence-corrected chi connectivity index (χ0v) is 11.0. The number of halogens is 1. The topological polar surface area (TPSA) is 69.2 Å². The van der Waals surface area contributed by atoms with Crippen LogP contribution in [0.25, 0.3) is 0 Å². The van der Waals surface area contributed by atoms with Crippen LogP contribution in [-0.2, 0) is 6.42 Å². The Bertz CT molecular complexity index is 644. The minimum atomic E-state index is -0.447. The van der Waals surface area contributed by atoms with Gasteiger partial charge in [-0.1, -0.05) is 18.2 Å². The molecule has 4 nitrogen and oxygen atoms in total. The van der Waals surface area contributed by atoms with Crippen molar-refractivity contribution in [2.45, 2.75) is 19.4 Å². The molecule has 5 heteroatoms. The van der Waals surface area contributed by atoms with Crippen LogP contribution in [0.15, 0.2) is 42.5 Å². The number of nitrogens with zero attached hydrogens (tertiary/aromatic N) is 1. The molecule has 0 radical (unpaired) electrons. The summed E-state index contributed by atoms with van der Waals surface area (Å²) in [5.41, 5.74) is 8.48. The van der Waals surface area contributed by atoms with Crippen LogP contribution in [0, 0.1) is 22.9 Å². The molecule has 2 N–H and O–H groups in total. The lowest BCUT2D eigenvalue weighted by Gasteiger charge is -2.14. The maximum Gasteiger partial charge on any atom is 0.269 e. The molecule has 0 saturated heterocycles. The Morgan fingerprint density at radius 1 is 1.30 bits per heavy atom. The number of nitro benzene ring substituents is 1. The van der Waals surface area contributed by atoms with Gasteiger partial charge in [0.25, 0.3) is 5.69 Å². The quantitative estimate of drug-likeness (QED) is 0.687. The molecule has 0 aliphatic carbocycles. The molecule has 0 saturated carbocycles. The van der Waals surface area contributed by atoms with Crippen LogP contribution in [0.3, 0.4) is 0 Å². The molecule has 0 fully saturated rings. The van der Waals surface area contributed by atoms with Gasteiger partial charge in [-0.3, -0.25) is 10.1 Å². The molecule has 2 aromatic carbocycles. The second-order valence-electron chi connectivity index (χ2n) is 4.74. The second-order valence-corrected chi connectivity index (χ2v) is 4.74. The monoisotopic (exact) mass is 274 g/mol. The first-order valence-electron chi connectivity index (χ1n) is 6.22. The van der Waals surface area contributed by atoms with E-state index in [1.165, 1.54) is 24.3 Å². The van der Waals surface area contributed by atoms with E-state index in [0.29, 0.717) is 12.0 Å². The molecule has 0 bridgehead atoms. The van der Waals surface area contributed by atoms with Crippen molar-refractivity contribution in [3.05, 3.63) is 75.1 Å². The number of non-ortho nitro benzene ring substituents is 1. The van der Waals surface area contributed by atoms with E-state index in [2.05, 4.69) is 0 Å². The number of hydrogen-bond acceptors (Lipinski definition) is 3. The van der Waals surface area contributed by atoms with Crippen LogP contribution < -0.4 is 5.73 Å². The molecule has 0 aromatic heterocycles. The molecule has 2 rings (SSSR count). The summed E-state index contributed by atoms with van der Waals surface area (Å²) >= 11 is 0. The number of nitrogens with two attached hydrogens (primary N) is 1. The SMILES string of the molecule is Cc1ccc([N+](=O)[O-])cc1C(N)Cc1cccc(F)c1. The predicted molar refractivity (Wildman–Crippen MR) is 74.9 cm³/mol. The summed E-state index contributed by atoms with van der Waals surface area (Å²) < 4.78 is 13.1. The van der Waals surface area contributed by atoms with E-state index in [4.69, 9.17) is 5.73 Å². The summed E-state index contributed by atoms with van der Waals surface area (Å²) in [7, 11) is 0. The fraction of sp³-hybridized carbons (Fsp3) is 0.200. The van der Waals surface area contributed by atoms with E-state index in [1.54, 1.807) is 18.2 Å². The zero-order valence-electron chi connectivity index (χ0n) is 11.0. The fourth-order valence-corrected chi connectivity index (χ4v) is 2.17. The molecular formula is C15H15FN2O2. The third-order valence-corrected chi connectivity index (χ3v) is 3.22. The van der Waals surface area contributed by atoms with Gasteiger partial charge in [-0.2, -0.15) is 0 Å². The van der Waals surface area contributed by atoms with Gasteiger partial charge in [0, 0.05) is 18.2 Å². The van der Waals surface area contributed by atoms with E-state index in [1.807, 2.05) is 6.92 Å². The number of benzene rings is 2. The fourth-order valence-electron chi connectivity index (χ4n) is 2.17. The first-order chi connectivity index (χ1) is 9.47. The predicted octanol–water partition coefficient (Wildman–Crippen LogP) is 3.28. The van der Waals surface area contributed by atoms with Gasteiger partial charge < -0.3 is 5.73 Å². The van der Waals surface area contributed by atoms with E-state index in [0.717, 1.165) is 11.1 Å². The summed E-state index contributed by atoms with van der Waals surface area (Å²) in [4.78, 5) is 10.4. The van der Waals surface area contributed by atoms with Crippen molar-refractivity contribution in [2.75, 3.05) is 0 Å². The highest BCUT2D eigenvalue weighted by Gasteiger charge is 2.15. The zero-order chi connectivity index (χ0) is 14.7. The summed E-state index contributed by atoms with van der Waals surface area (Å²) in [6.45, 7) is 1.85. The lowest BCUT2D eigenvalue weighted by Crippen LogP contribution is -2.15. The Labute approximate surface area is 116 Å². The van der Waals surface area contributed by atoms with Gasteiger partial charge in [-0.15, -0.1) is 0 Å². The van der Waals surface area contributed by atoms with Gasteiger partial charge in [0.05, 0.1) is 4.92 Å². The molecule has 0 spiro atoms. The minimum absolute atomic E-state index is 0.0142. The molecule has 0 aliphatic rings. The van der Waals surface area contributed by atoms with E-state index in [9.17, 15) is 14.5 Å². The highest BCUT2D eigenvalue weighted by molar-refractivity contribution is 5.41. The van der Waals surface area contributed by atoms with Crippen molar-refractivity contribution in [3.8, 4) is 0 Å². The minimum Gasteiger partial charge on any atom is -0.324 e. The van der Waals surface area contributed by atoms with Gasteiger partial charge in [-0.05, 0) is 42.2 Å². The molecule has 20 heavy (non-hydrogen) atoms. The van der Waals surface area contributed by atoms with E-state index < -0.39 is 11.0 Å². The second kappa shape index (κ2) is 5.79. The van der Waals surface area contributed by atoms with Crippen LogP contribution in [0.2, 0.25) is 0 Å². The van der Waals surface area contributed by atoms with Crippen molar-refractivity contribution in [1.29, 1.82) is 0 Å². The standard InChI is InChI=1S/C15H15FN2O2/c1-10-5-6-13(18(19)20)9-14(10)15(17)8-11-3-2-4-12(16)7-11/h2-7,9,15H,8,17H2,1H3. The molecular weight excluding hydrogens is 259 g/mol. The van der Waals surface area contributed by atoms with Crippen LogP contribution in [0.1, 0.15) is 22.7 Å². The largest absolute Gasteiger partial charge is 0.324 e. The van der Waals surface area contributed by atoms with Crippen LogP contribution in [0.5, 0.6) is 0 Å². The van der Waals surface area contributed by atoms with Crippen LogP contribution >= 0.6 is 0 Å². The average molecular weight is 274 g/mol. The summed E-state index contributed by atoms with van der Waals surface area (Å²) in [5.74, 6) is -0.314. The molecule has 1 atom stereocenters. The van der Waals surface area contributed by atoms with Crippen molar-refractivity contribution in [1.82, 2.24) is 0 Å². The molecule has 104 valence electrons. The number of rotatable bonds is 4. The summed E-state index contributed by atoms with van der Waals surface area (Å²) in [5, 5.41) is 10.8. The van der Waals surface area contributed by atoms with Crippen molar-refractivity contribution in [2.24, 2.45) is 5.73 Å². The highest BCUT2D eigenvalue weighted by atomic mass is 19.1. The Morgan fingerprint density at radius 2 is 2.05 bits per heavy atom. The first kappa shape index (κ1) is 14.1. The summed E-state index contributed by atoms with van der Waals surface area (Å²) in [6, 6.07) is 10.4. The van der Waals surface area contributed by atoms with Crippen LogP contribution in [0.4, 0.5) is 10.1 Å². The molecule has 2 aromatic rings. The maximum atomic E-state index is 13.1. The Balaban J connectivity index is 2.26. The lowest BCUT2D eigenvalue weighted by atomic mass is 9.95. The average Bonchev–Trinajstić information content (AvgIpc) is 2.38. The van der Waals surface area contributed by atoms with Crippen molar-refractivity contribution in [3.63, 3.8) is 0 Å². The van der Waals surface area contributed by atoms with Gasteiger partial charge in [-0.25, -0.2) is 4.39 Å². The lowest BCUT2D eigenvalue weighted by molar-refractivity contribution is -0.384. The van der Waals surface area contributed by atoms with Gasteiger partial charge in [0.2, 0.25) is 0 Å². The van der Waals surface area contributed by atoms with Crippen molar-refractivity contribution >= 4 is 5.69 Å². The van der Waals surface area contributed by atoms with Gasteiger partial charge >= 0.3 is 0 Å². The first-order valence-corrected chi connectivity index (χ1v) is 6.22. The van der Waals surface area contributed by atoms with Crippen LogP contribution in [-0.4, -0.2) is 4.92 Å². The molecule has 0 amide bonds. The molecule has 0 aliphatic heterocycles.